The molecule has 0 saturated carbocycles. The number of aromatic nitrogens is 1. The van der Waals surface area contributed by atoms with Crippen LogP contribution in [0, 0.1) is 0 Å². The van der Waals surface area contributed by atoms with Gasteiger partial charge in [0.05, 0.1) is 6.61 Å². The lowest BCUT2D eigenvalue weighted by Crippen LogP contribution is -2.38. The summed E-state index contributed by atoms with van der Waals surface area (Å²) in [4.78, 5) is 38.6. The van der Waals surface area contributed by atoms with Gasteiger partial charge in [-0.25, -0.2) is 4.79 Å². The number of fused-ring (bicyclic) bond motifs is 1. The number of ether oxygens (including phenoxy) is 2. The van der Waals surface area contributed by atoms with E-state index in [1.54, 1.807) is 35.8 Å². The number of nitrogens with one attached hydrogen (secondary N) is 1. The van der Waals surface area contributed by atoms with E-state index in [1.165, 1.54) is 26.2 Å². The van der Waals surface area contributed by atoms with Gasteiger partial charge in [-0.15, -0.1) is 0 Å². The minimum absolute atomic E-state index is 0.00452. The molecule has 1 fully saturated rings. The lowest BCUT2D eigenvalue weighted by atomic mass is 10.1. The number of piperidine rings is 1. The maximum absolute atomic E-state index is 12.6. The standard InChI is InChI=1S/C22H29N3O5/c1-3-29-22(28)20-14-17-13-18(30-16(2)26)7-8-19(17)25(20)15-21(27)23-9-12-24-10-5-4-6-11-24/h7-8,13-14H,3-6,9-12,15H2,1-2H3,(H,23,27). The first-order valence-corrected chi connectivity index (χ1v) is 10.5. The zero-order chi connectivity index (χ0) is 21.5. The lowest BCUT2D eigenvalue weighted by molar-refractivity contribution is -0.131. The van der Waals surface area contributed by atoms with Crippen LogP contribution in [0.5, 0.6) is 5.75 Å². The molecule has 3 rings (SSSR count). The van der Waals surface area contributed by atoms with Gasteiger partial charge in [0.2, 0.25) is 5.91 Å². The van der Waals surface area contributed by atoms with Crippen LogP contribution < -0.4 is 10.1 Å². The maximum Gasteiger partial charge on any atom is 0.354 e. The van der Waals surface area contributed by atoms with Crippen LogP contribution in [-0.2, 0) is 20.9 Å². The van der Waals surface area contributed by atoms with Gasteiger partial charge in [-0.3, -0.25) is 9.59 Å². The molecular formula is C22H29N3O5. The Balaban J connectivity index is 1.74. The first kappa shape index (κ1) is 21.8. The monoisotopic (exact) mass is 415 g/mol. The van der Waals surface area contributed by atoms with E-state index >= 15 is 0 Å². The fraction of sp³-hybridized carbons (Fsp3) is 0.500. The van der Waals surface area contributed by atoms with E-state index in [9.17, 15) is 14.4 Å². The van der Waals surface area contributed by atoms with Gasteiger partial charge >= 0.3 is 11.9 Å². The molecule has 1 amide bonds. The first-order chi connectivity index (χ1) is 14.5. The molecule has 2 aromatic rings. The van der Waals surface area contributed by atoms with Gasteiger partial charge in [-0.2, -0.15) is 0 Å². The number of hydrogen-bond donors (Lipinski definition) is 1. The number of carbonyl (C=O) groups is 3. The average Bonchev–Trinajstić information content (AvgIpc) is 3.06. The Morgan fingerprint density at radius 3 is 2.57 bits per heavy atom. The van der Waals surface area contributed by atoms with E-state index in [0.29, 0.717) is 23.2 Å². The van der Waals surface area contributed by atoms with Crippen LogP contribution >= 0.6 is 0 Å². The van der Waals surface area contributed by atoms with E-state index in [-0.39, 0.29) is 24.8 Å². The number of carbonyl (C=O) groups excluding carboxylic acids is 3. The molecule has 1 aliphatic rings. The second-order valence-corrected chi connectivity index (χ2v) is 7.40. The molecule has 2 heterocycles. The molecule has 0 atom stereocenters. The molecule has 1 aromatic carbocycles. The van der Waals surface area contributed by atoms with Crippen LogP contribution in [0.3, 0.4) is 0 Å². The summed E-state index contributed by atoms with van der Waals surface area (Å²) in [6, 6.07) is 6.70. The van der Waals surface area contributed by atoms with Crippen molar-refractivity contribution in [1.82, 2.24) is 14.8 Å². The summed E-state index contributed by atoms with van der Waals surface area (Å²) in [7, 11) is 0. The molecule has 1 aromatic heterocycles. The Kier molecular flexibility index (Phi) is 7.46. The van der Waals surface area contributed by atoms with Crippen molar-refractivity contribution < 1.29 is 23.9 Å². The van der Waals surface area contributed by atoms with E-state index in [4.69, 9.17) is 9.47 Å². The van der Waals surface area contributed by atoms with Crippen LogP contribution in [0.1, 0.15) is 43.6 Å². The molecule has 0 bridgehead atoms. The minimum Gasteiger partial charge on any atom is -0.461 e. The number of benzene rings is 1. The van der Waals surface area contributed by atoms with Crippen LogP contribution in [-0.4, -0.2) is 60.1 Å². The molecule has 0 aliphatic carbocycles. The van der Waals surface area contributed by atoms with Crippen molar-refractivity contribution in [1.29, 1.82) is 0 Å². The Bertz CT molecular complexity index is 915. The molecule has 1 saturated heterocycles. The highest BCUT2D eigenvalue weighted by molar-refractivity contribution is 5.97. The highest BCUT2D eigenvalue weighted by Gasteiger charge is 2.19. The van der Waals surface area contributed by atoms with Gasteiger partial charge in [0.15, 0.2) is 0 Å². The summed E-state index contributed by atoms with van der Waals surface area (Å²) >= 11 is 0. The zero-order valence-electron chi connectivity index (χ0n) is 17.6. The van der Waals surface area contributed by atoms with Gasteiger partial charge in [0.25, 0.3) is 0 Å². The maximum atomic E-state index is 12.6. The van der Waals surface area contributed by atoms with Crippen LogP contribution in [0.2, 0.25) is 0 Å². The van der Waals surface area contributed by atoms with Gasteiger partial charge in [-0.1, -0.05) is 6.42 Å². The molecule has 8 heteroatoms. The van der Waals surface area contributed by atoms with Crippen molar-refractivity contribution in [3.05, 3.63) is 30.0 Å². The summed E-state index contributed by atoms with van der Waals surface area (Å²) < 4.78 is 11.9. The summed E-state index contributed by atoms with van der Waals surface area (Å²) in [6.45, 7) is 6.86. The van der Waals surface area contributed by atoms with Crippen molar-refractivity contribution in [2.45, 2.75) is 39.7 Å². The SMILES string of the molecule is CCOC(=O)c1cc2cc(OC(C)=O)ccc2n1CC(=O)NCCN1CCCCC1. The lowest BCUT2D eigenvalue weighted by Gasteiger charge is -2.26. The zero-order valence-corrected chi connectivity index (χ0v) is 17.6. The van der Waals surface area contributed by atoms with Crippen molar-refractivity contribution in [2.24, 2.45) is 0 Å². The van der Waals surface area contributed by atoms with Crippen molar-refractivity contribution in [3.8, 4) is 5.75 Å². The number of esters is 2. The van der Waals surface area contributed by atoms with E-state index in [0.717, 1.165) is 19.6 Å². The Labute approximate surface area is 176 Å². The van der Waals surface area contributed by atoms with Gasteiger partial charge < -0.3 is 24.3 Å². The fourth-order valence-corrected chi connectivity index (χ4v) is 3.76. The molecule has 1 N–H and O–H groups in total. The van der Waals surface area contributed by atoms with Gasteiger partial charge in [0, 0.05) is 30.9 Å². The summed E-state index contributed by atoms with van der Waals surface area (Å²) in [5.74, 6) is -0.705. The quantitative estimate of drug-likeness (QED) is 0.526. The van der Waals surface area contributed by atoms with E-state index < -0.39 is 11.9 Å². The van der Waals surface area contributed by atoms with Crippen LogP contribution in [0.4, 0.5) is 0 Å². The Morgan fingerprint density at radius 1 is 1.10 bits per heavy atom. The van der Waals surface area contributed by atoms with E-state index in [1.807, 2.05) is 0 Å². The van der Waals surface area contributed by atoms with Gasteiger partial charge in [0.1, 0.15) is 18.0 Å². The van der Waals surface area contributed by atoms with Crippen molar-refractivity contribution >= 4 is 28.7 Å². The first-order valence-electron chi connectivity index (χ1n) is 10.5. The molecule has 0 radical (unpaired) electrons. The topological polar surface area (TPSA) is 89.9 Å². The molecule has 0 unspecified atom stereocenters. The molecule has 8 nitrogen and oxygen atoms in total. The number of nitrogens with zero attached hydrogens (tertiary/aromatic N) is 2. The number of rotatable bonds is 8. The smallest absolute Gasteiger partial charge is 0.354 e. The van der Waals surface area contributed by atoms with Crippen molar-refractivity contribution in [2.75, 3.05) is 32.8 Å². The molecule has 30 heavy (non-hydrogen) atoms. The highest BCUT2D eigenvalue weighted by atomic mass is 16.5. The van der Waals surface area contributed by atoms with Crippen molar-refractivity contribution in [3.63, 3.8) is 0 Å². The number of likely N-dealkylation sites (tertiary alicyclic amines) is 1. The Morgan fingerprint density at radius 2 is 1.87 bits per heavy atom. The third kappa shape index (κ3) is 5.60. The molecule has 0 spiro atoms. The number of amides is 1. The largest absolute Gasteiger partial charge is 0.461 e. The predicted molar refractivity (Wildman–Crippen MR) is 113 cm³/mol. The second-order valence-electron chi connectivity index (χ2n) is 7.40. The fourth-order valence-electron chi connectivity index (χ4n) is 3.76. The average molecular weight is 415 g/mol. The summed E-state index contributed by atoms with van der Waals surface area (Å²) in [6.07, 6.45) is 3.70. The summed E-state index contributed by atoms with van der Waals surface area (Å²) in [5.41, 5.74) is 0.984. The normalized spacial score (nSPS) is 14.5. The van der Waals surface area contributed by atoms with Crippen LogP contribution in [0.15, 0.2) is 24.3 Å². The molecule has 162 valence electrons. The van der Waals surface area contributed by atoms with Crippen LogP contribution in [0.25, 0.3) is 10.9 Å². The molecular weight excluding hydrogens is 386 g/mol. The summed E-state index contributed by atoms with van der Waals surface area (Å²) in [5, 5.41) is 3.64. The predicted octanol–water partition coefficient (Wildman–Crippen LogP) is 2.35. The minimum atomic E-state index is -0.496. The third-order valence-electron chi connectivity index (χ3n) is 5.12. The number of hydrogen-bond acceptors (Lipinski definition) is 6. The van der Waals surface area contributed by atoms with E-state index in [2.05, 4.69) is 10.2 Å². The third-order valence-corrected chi connectivity index (χ3v) is 5.12. The Hall–Kier alpha value is -2.87. The highest BCUT2D eigenvalue weighted by Crippen LogP contribution is 2.25. The van der Waals surface area contributed by atoms with Gasteiger partial charge in [-0.05, 0) is 57.1 Å². The molecule has 1 aliphatic heterocycles. The second kappa shape index (κ2) is 10.2.